The van der Waals surface area contributed by atoms with Gasteiger partial charge in [-0.2, -0.15) is 8.42 Å². The smallest absolute Gasteiger partial charge is 0.264 e. The Hall–Kier alpha value is -1.73. The molecule has 2 rings (SSSR count). The fraction of sp³-hybridized carbons (Fsp3) is 0.579. The molecule has 0 atom stereocenters. The number of hydrogen-bond acceptors (Lipinski definition) is 5. The predicted octanol–water partition coefficient (Wildman–Crippen LogP) is 3.38. The van der Waals surface area contributed by atoms with Crippen LogP contribution in [-0.2, 0) is 14.3 Å². The Morgan fingerprint density at radius 2 is 1.27 bits per heavy atom. The van der Waals surface area contributed by atoms with Gasteiger partial charge < -0.3 is 0 Å². The molecular weight excluding hydrogens is 354 g/mol. The van der Waals surface area contributed by atoms with Crippen LogP contribution in [0.2, 0.25) is 0 Å². The maximum absolute atomic E-state index is 12.2. The Morgan fingerprint density at radius 3 is 1.77 bits per heavy atom. The van der Waals surface area contributed by atoms with Crippen LogP contribution in [0.25, 0.3) is 0 Å². The molecule has 1 aliphatic heterocycles. The summed E-state index contributed by atoms with van der Waals surface area (Å²) in [5.74, 6) is -0.358. The Morgan fingerprint density at radius 1 is 0.808 bits per heavy atom. The molecule has 0 aliphatic carbocycles. The highest BCUT2D eigenvalue weighted by Gasteiger charge is 2.34. The molecule has 2 amide bonds. The number of nitrogens with zero attached hydrogens (tertiary/aromatic N) is 1. The fourth-order valence-electron chi connectivity index (χ4n) is 3.09. The van der Waals surface area contributed by atoms with Gasteiger partial charge in [-0.25, -0.2) is 0 Å². The molecule has 0 saturated carbocycles. The summed E-state index contributed by atoms with van der Waals surface area (Å²) < 4.78 is 26.3. The van der Waals surface area contributed by atoms with Crippen molar-refractivity contribution in [3.8, 4) is 0 Å². The van der Waals surface area contributed by atoms with E-state index in [1.807, 2.05) is 0 Å². The molecule has 6 nitrogen and oxygen atoms in total. The van der Waals surface area contributed by atoms with E-state index in [1.165, 1.54) is 4.90 Å². The van der Waals surface area contributed by atoms with Gasteiger partial charge in [0.15, 0.2) is 0 Å². The van der Waals surface area contributed by atoms with Gasteiger partial charge in [-0.15, -0.1) is 0 Å². The maximum atomic E-state index is 12.2. The van der Waals surface area contributed by atoms with Crippen molar-refractivity contribution in [3.63, 3.8) is 0 Å². The molecule has 1 heterocycles. The summed E-state index contributed by atoms with van der Waals surface area (Å²) in [7, 11) is -3.32. The van der Waals surface area contributed by atoms with Crippen LogP contribution in [0.15, 0.2) is 24.3 Å². The lowest BCUT2D eigenvalue weighted by molar-refractivity contribution is 0.0651. The topological polar surface area (TPSA) is 80.8 Å². The minimum absolute atomic E-state index is 0.179. The van der Waals surface area contributed by atoms with Crippen LogP contribution in [0.1, 0.15) is 72.1 Å². The zero-order valence-electron chi connectivity index (χ0n) is 15.3. The van der Waals surface area contributed by atoms with Crippen LogP contribution in [0.5, 0.6) is 0 Å². The van der Waals surface area contributed by atoms with Gasteiger partial charge in [-0.3, -0.25) is 18.7 Å². The van der Waals surface area contributed by atoms with Crippen molar-refractivity contribution in [2.45, 2.75) is 51.4 Å². The van der Waals surface area contributed by atoms with Crippen molar-refractivity contribution in [1.29, 1.82) is 0 Å². The van der Waals surface area contributed by atoms with E-state index in [4.69, 9.17) is 4.18 Å². The van der Waals surface area contributed by atoms with E-state index >= 15 is 0 Å². The summed E-state index contributed by atoms with van der Waals surface area (Å²) in [6.45, 7) is 0.744. The summed E-state index contributed by atoms with van der Waals surface area (Å²) in [6, 6.07) is 6.97. The van der Waals surface area contributed by atoms with Gasteiger partial charge in [0, 0.05) is 6.54 Å². The quantitative estimate of drug-likeness (QED) is 0.315. The number of carbonyl (C=O) groups is 2. The molecule has 26 heavy (non-hydrogen) atoms. The lowest BCUT2D eigenvalue weighted by Gasteiger charge is -2.13. The normalized spacial score (nSPS) is 14.1. The third-order valence-corrected chi connectivity index (χ3v) is 5.05. The first-order valence-corrected chi connectivity index (χ1v) is 11.0. The van der Waals surface area contributed by atoms with E-state index in [0.29, 0.717) is 17.7 Å². The van der Waals surface area contributed by atoms with E-state index in [2.05, 4.69) is 0 Å². The minimum Gasteiger partial charge on any atom is -0.274 e. The van der Waals surface area contributed by atoms with Crippen molar-refractivity contribution in [2.24, 2.45) is 0 Å². The number of fused-ring (bicyclic) bond motifs is 1. The molecule has 1 aromatic carbocycles. The van der Waals surface area contributed by atoms with Gasteiger partial charge >= 0.3 is 0 Å². The number of imide groups is 1. The van der Waals surface area contributed by atoms with Crippen LogP contribution in [0, 0.1) is 0 Å². The summed E-state index contributed by atoms with van der Waals surface area (Å²) in [5.41, 5.74) is 1.02. The van der Waals surface area contributed by atoms with Crippen molar-refractivity contribution < 1.29 is 22.2 Å². The number of benzene rings is 1. The van der Waals surface area contributed by atoms with E-state index < -0.39 is 10.1 Å². The molecule has 0 unspecified atom stereocenters. The number of amides is 2. The maximum Gasteiger partial charge on any atom is 0.264 e. The van der Waals surface area contributed by atoms with Gasteiger partial charge in [-0.1, -0.05) is 50.7 Å². The van der Waals surface area contributed by atoms with E-state index in [0.717, 1.165) is 57.6 Å². The second-order valence-corrected chi connectivity index (χ2v) is 8.31. The van der Waals surface area contributed by atoms with Crippen molar-refractivity contribution >= 4 is 21.9 Å². The molecule has 144 valence electrons. The largest absolute Gasteiger partial charge is 0.274 e. The Labute approximate surface area is 155 Å². The van der Waals surface area contributed by atoms with Crippen molar-refractivity contribution in [3.05, 3.63) is 35.4 Å². The monoisotopic (exact) mass is 381 g/mol. The molecule has 0 radical (unpaired) electrons. The second kappa shape index (κ2) is 9.83. The van der Waals surface area contributed by atoms with Gasteiger partial charge in [0.05, 0.1) is 24.0 Å². The molecule has 7 heteroatoms. The molecule has 0 spiro atoms. The third kappa shape index (κ3) is 6.21. The molecule has 0 fully saturated rings. The lowest BCUT2D eigenvalue weighted by atomic mass is 10.1. The minimum atomic E-state index is -3.32. The van der Waals surface area contributed by atoms with E-state index in [9.17, 15) is 18.0 Å². The van der Waals surface area contributed by atoms with E-state index in [-0.39, 0.29) is 18.4 Å². The number of rotatable bonds is 12. The zero-order chi connectivity index (χ0) is 19.0. The van der Waals surface area contributed by atoms with Crippen LogP contribution in [0.4, 0.5) is 0 Å². The standard InChI is InChI=1S/C19H27NO5S/c1-26(23,24)25-15-11-7-5-3-2-4-6-10-14-20-18(21)16-12-8-9-13-17(16)19(20)22/h8-9,12-13H,2-7,10-11,14-15H2,1H3. The second-order valence-electron chi connectivity index (χ2n) is 6.66. The van der Waals surface area contributed by atoms with Gasteiger partial charge in [-0.05, 0) is 25.0 Å². The van der Waals surface area contributed by atoms with Crippen molar-refractivity contribution in [1.82, 2.24) is 4.90 Å². The lowest BCUT2D eigenvalue weighted by Crippen LogP contribution is -2.30. The summed E-state index contributed by atoms with van der Waals surface area (Å²) in [4.78, 5) is 25.8. The highest BCUT2D eigenvalue weighted by Crippen LogP contribution is 2.22. The van der Waals surface area contributed by atoms with Gasteiger partial charge in [0.1, 0.15) is 0 Å². The Kier molecular flexibility index (Phi) is 7.78. The zero-order valence-corrected chi connectivity index (χ0v) is 16.1. The van der Waals surface area contributed by atoms with Crippen LogP contribution >= 0.6 is 0 Å². The Balaban J connectivity index is 1.50. The first kappa shape index (κ1) is 20.6. The van der Waals surface area contributed by atoms with Crippen LogP contribution in [-0.4, -0.2) is 44.5 Å². The first-order valence-electron chi connectivity index (χ1n) is 9.20. The Bertz CT molecular complexity index is 694. The van der Waals surface area contributed by atoms with Gasteiger partial charge in [0.25, 0.3) is 21.9 Å². The molecule has 1 aliphatic rings. The average Bonchev–Trinajstić information content (AvgIpc) is 2.83. The number of carbonyl (C=O) groups excluding carboxylic acids is 2. The summed E-state index contributed by atoms with van der Waals surface area (Å²) >= 11 is 0. The predicted molar refractivity (Wildman–Crippen MR) is 99.5 cm³/mol. The van der Waals surface area contributed by atoms with E-state index in [1.54, 1.807) is 24.3 Å². The molecule has 1 aromatic rings. The number of unbranched alkanes of at least 4 members (excludes halogenated alkanes) is 7. The molecular formula is C19H27NO5S. The van der Waals surface area contributed by atoms with Crippen LogP contribution < -0.4 is 0 Å². The summed E-state index contributed by atoms with van der Waals surface area (Å²) in [6.07, 6.45) is 8.94. The SMILES string of the molecule is CS(=O)(=O)OCCCCCCCCCCN1C(=O)c2ccccc2C1=O. The first-order chi connectivity index (χ1) is 12.4. The summed E-state index contributed by atoms with van der Waals surface area (Å²) in [5, 5.41) is 0. The molecule has 0 aromatic heterocycles. The average molecular weight is 381 g/mol. The highest BCUT2D eigenvalue weighted by molar-refractivity contribution is 7.85. The van der Waals surface area contributed by atoms with Crippen LogP contribution in [0.3, 0.4) is 0 Å². The molecule has 0 N–H and O–H groups in total. The third-order valence-electron chi connectivity index (χ3n) is 4.45. The fourth-order valence-corrected chi connectivity index (χ4v) is 3.51. The highest BCUT2D eigenvalue weighted by atomic mass is 32.2. The molecule has 0 saturated heterocycles. The van der Waals surface area contributed by atoms with Gasteiger partial charge in [0.2, 0.25) is 0 Å². The molecule has 0 bridgehead atoms. The van der Waals surface area contributed by atoms with Crippen molar-refractivity contribution in [2.75, 3.05) is 19.4 Å². The number of hydrogen-bond donors (Lipinski definition) is 0.